The number of aryl methyl sites for hydroxylation is 1. The smallest absolute Gasteiger partial charge is 0.330 e. The lowest BCUT2D eigenvalue weighted by molar-refractivity contribution is -0.117. The van der Waals surface area contributed by atoms with E-state index >= 15 is 0 Å². The number of anilines is 1. The maximum Gasteiger partial charge on any atom is 0.346 e. The van der Waals surface area contributed by atoms with Crippen LogP contribution in [0, 0.1) is 6.92 Å². The minimum atomic E-state index is -0.477. The first-order valence-corrected chi connectivity index (χ1v) is 9.86. The molecular formula is C21H20ClN5O3. The van der Waals surface area contributed by atoms with E-state index in [0.29, 0.717) is 30.3 Å². The zero-order valence-electron chi connectivity index (χ0n) is 16.3. The van der Waals surface area contributed by atoms with Crippen LogP contribution in [0.2, 0.25) is 5.02 Å². The predicted molar refractivity (Wildman–Crippen MR) is 112 cm³/mol. The molecule has 30 heavy (non-hydrogen) atoms. The van der Waals surface area contributed by atoms with Gasteiger partial charge in [-0.1, -0.05) is 47.5 Å². The molecule has 0 unspecified atom stereocenters. The summed E-state index contributed by atoms with van der Waals surface area (Å²) in [6.07, 6.45) is 0. The molecule has 0 atom stereocenters. The number of benzene rings is 2. The number of rotatable bonds is 5. The summed E-state index contributed by atoms with van der Waals surface area (Å²) in [5.74, 6) is -0.706. The molecule has 4 rings (SSSR count). The third kappa shape index (κ3) is 4.13. The van der Waals surface area contributed by atoms with Gasteiger partial charge in [0.25, 0.3) is 5.91 Å². The average Bonchev–Trinajstić information content (AvgIpc) is 3.00. The van der Waals surface area contributed by atoms with E-state index in [9.17, 15) is 14.4 Å². The summed E-state index contributed by atoms with van der Waals surface area (Å²) in [5.41, 5.74) is 2.17. The molecule has 1 aromatic heterocycles. The number of nitrogens with zero attached hydrogens (tertiary/aromatic N) is 4. The highest BCUT2D eigenvalue weighted by Gasteiger charge is 2.30. The van der Waals surface area contributed by atoms with Crippen LogP contribution >= 0.6 is 11.6 Å². The van der Waals surface area contributed by atoms with Gasteiger partial charge >= 0.3 is 5.69 Å². The number of hydrogen-bond acceptors (Lipinski definition) is 4. The van der Waals surface area contributed by atoms with Crippen molar-refractivity contribution in [2.75, 3.05) is 11.9 Å². The van der Waals surface area contributed by atoms with Crippen molar-refractivity contribution >= 4 is 29.1 Å². The lowest BCUT2D eigenvalue weighted by atomic mass is 10.1. The predicted octanol–water partition coefficient (Wildman–Crippen LogP) is 2.30. The van der Waals surface area contributed by atoms with Crippen LogP contribution in [0.1, 0.15) is 21.7 Å². The number of hydrogen-bond donors (Lipinski definition) is 1. The van der Waals surface area contributed by atoms with Crippen molar-refractivity contribution in [1.29, 1.82) is 0 Å². The van der Waals surface area contributed by atoms with E-state index in [1.807, 2.05) is 31.2 Å². The minimum Gasteiger partial charge on any atom is -0.330 e. The second-order valence-electron chi connectivity index (χ2n) is 7.19. The maximum atomic E-state index is 12.9. The molecule has 1 aliphatic heterocycles. The SMILES string of the molecule is Cc1cccc(CN2CCn3c(nn(CC(=O)Nc4cccc(Cl)c4)c3=O)C2=O)c1. The van der Waals surface area contributed by atoms with Gasteiger partial charge in [0.05, 0.1) is 0 Å². The second-order valence-corrected chi connectivity index (χ2v) is 7.63. The monoisotopic (exact) mass is 425 g/mol. The Labute approximate surface area is 177 Å². The normalized spacial score (nSPS) is 13.3. The van der Waals surface area contributed by atoms with Gasteiger partial charge in [-0.15, -0.1) is 5.10 Å². The fourth-order valence-electron chi connectivity index (χ4n) is 3.45. The molecule has 3 aromatic rings. The van der Waals surface area contributed by atoms with Crippen LogP contribution in [0.15, 0.2) is 53.3 Å². The first-order valence-electron chi connectivity index (χ1n) is 9.48. The molecule has 1 N–H and O–H groups in total. The highest BCUT2D eigenvalue weighted by atomic mass is 35.5. The van der Waals surface area contributed by atoms with E-state index in [4.69, 9.17) is 11.6 Å². The molecular weight excluding hydrogens is 406 g/mol. The van der Waals surface area contributed by atoms with Gasteiger partial charge in [-0.25, -0.2) is 9.48 Å². The van der Waals surface area contributed by atoms with Crippen molar-refractivity contribution in [1.82, 2.24) is 19.2 Å². The molecule has 154 valence electrons. The average molecular weight is 426 g/mol. The first-order chi connectivity index (χ1) is 14.4. The number of halogens is 1. The molecule has 0 spiro atoms. The quantitative estimate of drug-likeness (QED) is 0.679. The number of nitrogens with one attached hydrogen (secondary N) is 1. The lowest BCUT2D eigenvalue weighted by Crippen LogP contribution is -2.42. The molecule has 1 aliphatic rings. The summed E-state index contributed by atoms with van der Waals surface area (Å²) < 4.78 is 2.34. The molecule has 2 amide bonds. The van der Waals surface area contributed by atoms with E-state index in [2.05, 4.69) is 10.4 Å². The van der Waals surface area contributed by atoms with Gasteiger partial charge in [-0.3, -0.25) is 14.2 Å². The topological polar surface area (TPSA) is 89.2 Å². The zero-order valence-corrected chi connectivity index (χ0v) is 17.1. The highest BCUT2D eigenvalue weighted by molar-refractivity contribution is 6.30. The largest absolute Gasteiger partial charge is 0.346 e. The van der Waals surface area contributed by atoms with E-state index in [1.165, 1.54) is 4.57 Å². The Morgan fingerprint density at radius 2 is 1.93 bits per heavy atom. The number of aromatic nitrogens is 3. The Morgan fingerprint density at radius 3 is 2.70 bits per heavy atom. The van der Waals surface area contributed by atoms with Gasteiger partial charge < -0.3 is 10.2 Å². The Kier molecular flexibility index (Phi) is 5.41. The van der Waals surface area contributed by atoms with Crippen molar-refractivity contribution in [3.8, 4) is 0 Å². The van der Waals surface area contributed by atoms with E-state index in [1.54, 1.807) is 29.2 Å². The van der Waals surface area contributed by atoms with Gasteiger partial charge in [0.2, 0.25) is 11.7 Å². The third-order valence-corrected chi connectivity index (χ3v) is 5.09. The Morgan fingerprint density at radius 1 is 1.13 bits per heavy atom. The van der Waals surface area contributed by atoms with Crippen molar-refractivity contribution in [3.05, 3.63) is 81.0 Å². The van der Waals surface area contributed by atoms with E-state index in [-0.39, 0.29) is 18.3 Å². The standard InChI is InChI=1S/C21H20ClN5O3/c1-14-4-2-5-15(10-14)12-25-8-9-26-19(20(25)29)24-27(21(26)30)13-18(28)23-17-7-3-6-16(22)11-17/h2-7,10-11H,8-9,12-13H2,1H3,(H,23,28). The van der Waals surface area contributed by atoms with Crippen molar-refractivity contribution < 1.29 is 9.59 Å². The molecule has 8 nitrogen and oxygen atoms in total. The summed E-state index contributed by atoms with van der Waals surface area (Å²) >= 11 is 5.91. The molecule has 2 aromatic carbocycles. The van der Waals surface area contributed by atoms with E-state index < -0.39 is 11.6 Å². The molecule has 9 heteroatoms. The molecule has 2 heterocycles. The number of fused-ring (bicyclic) bond motifs is 1. The van der Waals surface area contributed by atoms with Gasteiger partial charge in [0, 0.05) is 30.3 Å². The summed E-state index contributed by atoms with van der Waals surface area (Å²) in [6.45, 7) is 2.88. The molecule has 0 radical (unpaired) electrons. The number of carbonyl (C=O) groups excluding carboxylic acids is 2. The van der Waals surface area contributed by atoms with Gasteiger partial charge in [0.15, 0.2) is 0 Å². The van der Waals surface area contributed by atoms with Crippen molar-refractivity contribution in [2.24, 2.45) is 0 Å². The van der Waals surface area contributed by atoms with Gasteiger partial charge in [0.1, 0.15) is 6.54 Å². The number of amides is 2. The lowest BCUT2D eigenvalue weighted by Gasteiger charge is -2.26. The molecule has 0 fully saturated rings. The van der Waals surface area contributed by atoms with Gasteiger partial charge in [-0.05, 0) is 30.7 Å². The highest BCUT2D eigenvalue weighted by Crippen LogP contribution is 2.16. The van der Waals surface area contributed by atoms with Crippen molar-refractivity contribution in [3.63, 3.8) is 0 Å². The summed E-state index contributed by atoms with van der Waals surface area (Å²) in [7, 11) is 0. The zero-order chi connectivity index (χ0) is 21.3. The minimum absolute atomic E-state index is 0.0504. The first kappa shape index (κ1) is 19.9. The van der Waals surface area contributed by atoms with Crippen LogP contribution in [0.5, 0.6) is 0 Å². The Hall–Kier alpha value is -3.39. The maximum absolute atomic E-state index is 12.9. The van der Waals surface area contributed by atoms with Crippen LogP contribution in [0.25, 0.3) is 0 Å². The fourth-order valence-corrected chi connectivity index (χ4v) is 3.64. The third-order valence-electron chi connectivity index (χ3n) is 4.85. The fraction of sp³-hybridized carbons (Fsp3) is 0.238. The summed E-state index contributed by atoms with van der Waals surface area (Å²) in [6, 6.07) is 14.6. The van der Waals surface area contributed by atoms with Crippen LogP contribution < -0.4 is 11.0 Å². The Bertz CT molecular complexity index is 1180. The van der Waals surface area contributed by atoms with Gasteiger partial charge in [-0.2, -0.15) is 0 Å². The number of carbonyl (C=O) groups is 2. The molecule has 0 bridgehead atoms. The van der Waals surface area contributed by atoms with Crippen LogP contribution in [-0.2, 0) is 24.4 Å². The van der Waals surface area contributed by atoms with Crippen LogP contribution in [0.4, 0.5) is 5.69 Å². The molecule has 0 saturated carbocycles. The summed E-state index contributed by atoms with van der Waals surface area (Å²) in [5, 5.41) is 7.29. The summed E-state index contributed by atoms with van der Waals surface area (Å²) in [4.78, 5) is 39.4. The second kappa shape index (κ2) is 8.16. The van der Waals surface area contributed by atoms with Crippen LogP contribution in [-0.4, -0.2) is 37.6 Å². The molecule has 0 saturated heterocycles. The van der Waals surface area contributed by atoms with E-state index in [0.717, 1.165) is 15.8 Å². The van der Waals surface area contributed by atoms with Crippen LogP contribution in [0.3, 0.4) is 0 Å². The Balaban J connectivity index is 1.49. The molecule has 0 aliphatic carbocycles. The van der Waals surface area contributed by atoms with Crippen molar-refractivity contribution in [2.45, 2.75) is 26.6 Å².